The first kappa shape index (κ1) is 16.2. The highest BCUT2D eigenvalue weighted by molar-refractivity contribution is 7.89. The molecule has 0 saturated carbocycles. The number of hydrogen-bond acceptors (Lipinski definition) is 5. The lowest BCUT2D eigenvalue weighted by atomic mass is 10.2. The molecular weight excluding hydrogens is 387 g/mol. The van der Waals surface area contributed by atoms with E-state index in [2.05, 4.69) is 5.43 Å². The van der Waals surface area contributed by atoms with Crippen LogP contribution in [0.5, 0.6) is 0 Å². The Morgan fingerprint density at radius 2 is 1.95 bits per heavy atom. The minimum atomic E-state index is -3.95. The number of sulfonamides is 1. The summed E-state index contributed by atoms with van der Waals surface area (Å²) in [5, 5.41) is 0. The molecule has 2 aromatic heterocycles. The summed E-state index contributed by atoms with van der Waals surface area (Å²) < 4.78 is 24.5. The van der Waals surface area contributed by atoms with Crippen LogP contribution in [0.15, 0.2) is 17.0 Å². The lowest BCUT2D eigenvalue weighted by molar-refractivity contribution is 0.0949. The summed E-state index contributed by atoms with van der Waals surface area (Å²) in [5.74, 6) is -0.486. The number of thiophene rings is 2. The second-order valence-electron chi connectivity index (χ2n) is 4.66. The summed E-state index contributed by atoms with van der Waals surface area (Å²) in [5.41, 5.74) is 3.37. The summed E-state index contributed by atoms with van der Waals surface area (Å²) in [7, 11) is -3.95. The van der Waals surface area contributed by atoms with Crippen molar-refractivity contribution in [2.45, 2.75) is 24.2 Å². The topological polar surface area (TPSA) is 75.3 Å². The molecule has 2 aromatic rings. The first-order valence-electron chi connectivity index (χ1n) is 6.25. The van der Waals surface area contributed by atoms with Crippen LogP contribution >= 0.6 is 45.9 Å². The van der Waals surface area contributed by atoms with Gasteiger partial charge in [-0.05, 0) is 37.0 Å². The predicted molar refractivity (Wildman–Crippen MR) is 88.5 cm³/mol. The van der Waals surface area contributed by atoms with Gasteiger partial charge in [-0.15, -0.1) is 27.5 Å². The zero-order valence-electron chi connectivity index (χ0n) is 11.0. The van der Waals surface area contributed by atoms with Crippen LogP contribution in [-0.2, 0) is 22.9 Å². The first-order chi connectivity index (χ1) is 10.4. The van der Waals surface area contributed by atoms with Gasteiger partial charge in [0.25, 0.3) is 15.9 Å². The van der Waals surface area contributed by atoms with Gasteiger partial charge in [-0.25, -0.2) is 8.42 Å². The molecule has 1 aliphatic carbocycles. The van der Waals surface area contributed by atoms with E-state index in [0.717, 1.165) is 30.6 Å². The number of aryl methyl sites for hydroxylation is 2. The number of amides is 1. The molecule has 0 unspecified atom stereocenters. The smallest absolute Gasteiger partial charge is 0.273 e. The van der Waals surface area contributed by atoms with Gasteiger partial charge in [0, 0.05) is 4.88 Å². The zero-order chi connectivity index (χ0) is 15.9. The van der Waals surface area contributed by atoms with Crippen LogP contribution in [-0.4, -0.2) is 14.3 Å². The molecule has 1 amide bonds. The molecule has 3 rings (SSSR count). The van der Waals surface area contributed by atoms with E-state index in [-0.39, 0.29) is 13.6 Å². The second kappa shape index (κ2) is 6.10. The van der Waals surface area contributed by atoms with Gasteiger partial charge in [-0.3, -0.25) is 10.2 Å². The van der Waals surface area contributed by atoms with E-state index in [0.29, 0.717) is 4.88 Å². The summed E-state index contributed by atoms with van der Waals surface area (Å²) >= 11 is 13.9. The summed E-state index contributed by atoms with van der Waals surface area (Å²) in [6.07, 6.45) is 3.04. The van der Waals surface area contributed by atoms with Crippen molar-refractivity contribution in [2.24, 2.45) is 0 Å². The average molecular weight is 397 g/mol. The molecule has 0 fully saturated rings. The Labute approximate surface area is 145 Å². The molecule has 10 heteroatoms. The number of nitrogens with one attached hydrogen (secondary N) is 2. The van der Waals surface area contributed by atoms with Gasteiger partial charge in [0.1, 0.15) is 9.23 Å². The van der Waals surface area contributed by atoms with Crippen molar-refractivity contribution in [1.29, 1.82) is 0 Å². The predicted octanol–water partition coefficient (Wildman–Crippen LogP) is 3.23. The van der Waals surface area contributed by atoms with E-state index in [4.69, 9.17) is 23.2 Å². The molecule has 2 heterocycles. The van der Waals surface area contributed by atoms with E-state index < -0.39 is 15.9 Å². The number of rotatable bonds is 4. The third kappa shape index (κ3) is 3.17. The molecule has 0 radical (unpaired) electrons. The molecule has 1 aliphatic rings. The molecule has 22 heavy (non-hydrogen) atoms. The Balaban J connectivity index is 1.71. The molecule has 118 valence electrons. The summed E-state index contributed by atoms with van der Waals surface area (Å²) in [6.45, 7) is 0. The Morgan fingerprint density at radius 3 is 2.59 bits per heavy atom. The molecule has 0 saturated heterocycles. The highest BCUT2D eigenvalue weighted by atomic mass is 35.5. The molecule has 0 aromatic carbocycles. The average Bonchev–Trinajstić information content (AvgIpc) is 3.10. The van der Waals surface area contributed by atoms with E-state index in [1.54, 1.807) is 0 Å². The summed E-state index contributed by atoms with van der Waals surface area (Å²) in [4.78, 5) is 15.6. The van der Waals surface area contributed by atoms with Crippen molar-refractivity contribution < 1.29 is 13.2 Å². The molecule has 0 spiro atoms. The lowest BCUT2D eigenvalue weighted by Crippen LogP contribution is -2.41. The fraction of sp³-hybridized carbons (Fsp3) is 0.250. The largest absolute Gasteiger partial charge is 0.276 e. The number of hydrazine groups is 1. The normalized spacial score (nSPS) is 14.1. The minimum absolute atomic E-state index is 0.0434. The van der Waals surface area contributed by atoms with Crippen LogP contribution in [0.25, 0.3) is 0 Å². The number of fused-ring (bicyclic) bond motifs is 1. The van der Waals surface area contributed by atoms with Crippen LogP contribution in [0, 0.1) is 0 Å². The van der Waals surface area contributed by atoms with E-state index in [1.807, 2.05) is 10.9 Å². The van der Waals surface area contributed by atoms with Crippen molar-refractivity contribution in [3.05, 3.63) is 36.1 Å². The summed E-state index contributed by atoms with van der Waals surface area (Å²) in [6, 6.07) is 3.05. The van der Waals surface area contributed by atoms with E-state index >= 15 is 0 Å². The molecule has 0 bridgehead atoms. The SMILES string of the molecule is O=C(NNS(=O)(=O)c1cc(Cl)sc1Cl)c1cc2c(s1)CCC2. The van der Waals surface area contributed by atoms with Crippen LogP contribution in [0.2, 0.25) is 8.67 Å². The zero-order valence-corrected chi connectivity index (χ0v) is 14.9. The third-order valence-electron chi connectivity index (χ3n) is 3.18. The van der Waals surface area contributed by atoms with Gasteiger partial charge in [-0.1, -0.05) is 23.2 Å². The highest BCUT2D eigenvalue weighted by Crippen LogP contribution is 2.34. The Kier molecular flexibility index (Phi) is 4.50. The monoisotopic (exact) mass is 396 g/mol. The maximum atomic E-state index is 12.1. The van der Waals surface area contributed by atoms with Gasteiger partial charge in [0.15, 0.2) is 0 Å². The third-order valence-corrected chi connectivity index (χ3v) is 7.42. The van der Waals surface area contributed by atoms with Crippen molar-refractivity contribution in [3.63, 3.8) is 0 Å². The number of carbonyl (C=O) groups is 1. The number of halogens is 2. The van der Waals surface area contributed by atoms with Crippen molar-refractivity contribution in [3.8, 4) is 0 Å². The highest BCUT2D eigenvalue weighted by Gasteiger charge is 2.23. The van der Waals surface area contributed by atoms with Crippen molar-refractivity contribution >= 4 is 61.8 Å². The molecule has 5 nitrogen and oxygen atoms in total. The molecule has 2 N–H and O–H groups in total. The van der Waals surface area contributed by atoms with Crippen LogP contribution in [0.3, 0.4) is 0 Å². The maximum Gasteiger partial charge on any atom is 0.276 e. The van der Waals surface area contributed by atoms with Crippen LogP contribution in [0.1, 0.15) is 26.5 Å². The van der Waals surface area contributed by atoms with E-state index in [1.165, 1.54) is 27.8 Å². The fourth-order valence-corrected chi connectivity index (χ4v) is 6.32. The first-order valence-corrected chi connectivity index (χ1v) is 10.1. The molecule has 0 aliphatic heterocycles. The van der Waals surface area contributed by atoms with Gasteiger partial charge < -0.3 is 0 Å². The Morgan fingerprint density at radius 1 is 1.18 bits per heavy atom. The van der Waals surface area contributed by atoms with Crippen molar-refractivity contribution in [2.75, 3.05) is 0 Å². The van der Waals surface area contributed by atoms with Crippen LogP contribution in [0.4, 0.5) is 0 Å². The number of carbonyl (C=O) groups excluding carboxylic acids is 1. The minimum Gasteiger partial charge on any atom is -0.273 e. The van der Waals surface area contributed by atoms with Gasteiger partial charge in [0.05, 0.1) is 9.21 Å². The Bertz CT molecular complexity index is 820. The standard InChI is InChI=1S/C12H10Cl2N2O3S3/c13-10-5-9(11(14)21-10)22(18,19)16-15-12(17)8-4-6-2-1-3-7(6)20-8/h4-5,16H,1-3H2,(H,15,17). The Hall–Kier alpha value is -0.640. The fourth-order valence-electron chi connectivity index (χ4n) is 2.18. The van der Waals surface area contributed by atoms with Crippen molar-refractivity contribution in [1.82, 2.24) is 10.3 Å². The maximum absolute atomic E-state index is 12.1. The van der Waals surface area contributed by atoms with Gasteiger partial charge in [-0.2, -0.15) is 0 Å². The number of hydrogen-bond donors (Lipinski definition) is 2. The van der Waals surface area contributed by atoms with E-state index in [9.17, 15) is 13.2 Å². The van der Waals surface area contributed by atoms with Crippen LogP contribution < -0.4 is 10.3 Å². The quantitative estimate of drug-likeness (QED) is 0.778. The second-order valence-corrected chi connectivity index (χ2v) is 9.73. The molecular formula is C12H10Cl2N2O3S3. The molecule has 0 atom stereocenters. The van der Waals surface area contributed by atoms with Gasteiger partial charge >= 0.3 is 0 Å². The lowest BCUT2D eigenvalue weighted by Gasteiger charge is -2.06. The van der Waals surface area contributed by atoms with Gasteiger partial charge in [0.2, 0.25) is 0 Å².